The van der Waals surface area contributed by atoms with Gasteiger partial charge in [0.05, 0.1) is 17.7 Å². The van der Waals surface area contributed by atoms with Gasteiger partial charge in [-0.1, -0.05) is 0 Å². The Balaban J connectivity index is 1.51. The summed E-state index contributed by atoms with van der Waals surface area (Å²) in [5.41, 5.74) is 6.74. The van der Waals surface area contributed by atoms with E-state index in [0.717, 1.165) is 23.4 Å². The van der Waals surface area contributed by atoms with Crippen LogP contribution in [0.3, 0.4) is 0 Å². The Kier molecular flexibility index (Phi) is 4.02. The van der Waals surface area contributed by atoms with Gasteiger partial charge in [-0.05, 0) is 37.1 Å². The highest BCUT2D eigenvalue weighted by Gasteiger charge is 2.29. The highest BCUT2D eigenvalue weighted by molar-refractivity contribution is 7.94. The Bertz CT molecular complexity index is 989. The van der Waals surface area contributed by atoms with Crippen LogP contribution in [0.4, 0.5) is 5.69 Å². The summed E-state index contributed by atoms with van der Waals surface area (Å²) < 4.78 is 27.8. The average Bonchev–Trinajstić information content (AvgIpc) is 3.13. The van der Waals surface area contributed by atoms with Gasteiger partial charge in [0.25, 0.3) is 10.0 Å². The van der Waals surface area contributed by atoms with Crippen LogP contribution in [0.25, 0.3) is 11.4 Å². The molecular formula is C15H16N6O2S2. The Hall–Kier alpha value is -2.30. The molecule has 0 amide bonds. The zero-order valence-electron chi connectivity index (χ0n) is 13.1. The molecule has 1 fully saturated rings. The number of aromatic amines is 1. The number of nitrogens with one attached hydrogen (secondary N) is 2. The van der Waals surface area contributed by atoms with E-state index < -0.39 is 10.0 Å². The summed E-state index contributed by atoms with van der Waals surface area (Å²) in [7, 11) is -3.62. The van der Waals surface area contributed by atoms with E-state index in [0.29, 0.717) is 23.3 Å². The predicted molar refractivity (Wildman–Crippen MR) is 94.6 cm³/mol. The molecule has 0 spiro atoms. The summed E-state index contributed by atoms with van der Waals surface area (Å²) in [5, 5.41) is 7.71. The third-order valence-electron chi connectivity index (χ3n) is 3.81. The van der Waals surface area contributed by atoms with E-state index in [2.05, 4.69) is 24.9 Å². The lowest BCUT2D eigenvalue weighted by atomic mass is 10.2. The van der Waals surface area contributed by atoms with Gasteiger partial charge in [0.2, 0.25) is 0 Å². The summed E-state index contributed by atoms with van der Waals surface area (Å²) in [5.74, 6) is 1.55. The van der Waals surface area contributed by atoms with Crippen LogP contribution in [-0.2, 0) is 16.6 Å². The normalized spacial score (nSPS) is 14.6. The topological polar surface area (TPSA) is 127 Å². The number of aromatic nitrogens is 4. The third-order valence-corrected chi connectivity index (χ3v) is 6.82. The maximum Gasteiger partial charge on any atom is 0.273 e. The molecule has 0 saturated heterocycles. The highest BCUT2D eigenvalue weighted by Crippen LogP contribution is 2.42. The van der Waals surface area contributed by atoms with Crippen molar-refractivity contribution in [3.05, 3.63) is 41.3 Å². The van der Waals surface area contributed by atoms with E-state index >= 15 is 0 Å². The molecule has 1 aliphatic carbocycles. The Labute approximate surface area is 148 Å². The Morgan fingerprint density at radius 1 is 1.28 bits per heavy atom. The molecule has 25 heavy (non-hydrogen) atoms. The van der Waals surface area contributed by atoms with Crippen molar-refractivity contribution in [3.63, 3.8) is 0 Å². The van der Waals surface area contributed by atoms with E-state index in [1.165, 1.54) is 17.5 Å². The molecule has 3 aromatic rings. The fourth-order valence-corrected chi connectivity index (χ4v) is 4.70. The van der Waals surface area contributed by atoms with Crippen LogP contribution in [0, 0.1) is 0 Å². The minimum atomic E-state index is -3.62. The Morgan fingerprint density at radius 3 is 2.68 bits per heavy atom. The molecule has 1 aliphatic rings. The SMILES string of the molecule is NCc1nc(-c2ccc(NS(=O)(=O)c3cnc(C4CC4)s3)cc2)n[nH]1. The van der Waals surface area contributed by atoms with Crippen molar-refractivity contribution in [2.45, 2.75) is 29.5 Å². The van der Waals surface area contributed by atoms with Crippen LogP contribution in [0.1, 0.15) is 29.6 Å². The van der Waals surface area contributed by atoms with Gasteiger partial charge in [0, 0.05) is 17.2 Å². The van der Waals surface area contributed by atoms with E-state index in [1.807, 2.05) is 0 Å². The van der Waals surface area contributed by atoms with Crippen LogP contribution in [0.15, 0.2) is 34.7 Å². The van der Waals surface area contributed by atoms with Gasteiger partial charge in [0.1, 0.15) is 5.82 Å². The lowest BCUT2D eigenvalue weighted by Gasteiger charge is -2.06. The predicted octanol–water partition coefficient (Wildman–Crippen LogP) is 2.07. The number of rotatable bonds is 6. The third kappa shape index (κ3) is 3.41. The second-order valence-electron chi connectivity index (χ2n) is 5.78. The highest BCUT2D eigenvalue weighted by atomic mass is 32.2. The molecule has 0 unspecified atom stereocenters. The van der Waals surface area contributed by atoms with E-state index in [-0.39, 0.29) is 10.8 Å². The largest absolute Gasteiger partial charge is 0.324 e. The number of nitrogens with zero attached hydrogens (tertiary/aromatic N) is 3. The van der Waals surface area contributed by atoms with Crippen LogP contribution in [0.2, 0.25) is 0 Å². The quantitative estimate of drug-likeness (QED) is 0.604. The van der Waals surface area contributed by atoms with Crippen LogP contribution in [-0.4, -0.2) is 28.6 Å². The van der Waals surface area contributed by atoms with Crippen molar-refractivity contribution >= 4 is 27.0 Å². The molecule has 8 nitrogen and oxygen atoms in total. The Morgan fingerprint density at radius 2 is 2.04 bits per heavy atom. The number of nitrogens with two attached hydrogens (primary N) is 1. The maximum absolute atomic E-state index is 12.5. The minimum absolute atomic E-state index is 0.236. The molecule has 0 atom stereocenters. The van der Waals surface area contributed by atoms with Crippen LogP contribution in [0.5, 0.6) is 0 Å². The lowest BCUT2D eigenvalue weighted by molar-refractivity contribution is 0.603. The molecule has 2 heterocycles. The van der Waals surface area contributed by atoms with Crippen molar-refractivity contribution in [2.24, 2.45) is 5.73 Å². The lowest BCUT2D eigenvalue weighted by Crippen LogP contribution is -2.11. The first kappa shape index (κ1) is 16.2. The average molecular weight is 376 g/mol. The van der Waals surface area contributed by atoms with Crippen molar-refractivity contribution in [1.29, 1.82) is 0 Å². The van der Waals surface area contributed by atoms with E-state index in [4.69, 9.17) is 5.73 Å². The molecule has 2 aromatic heterocycles. The smallest absolute Gasteiger partial charge is 0.273 e. The molecule has 10 heteroatoms. The molecule has 0 bridgehead atoms. The van der Waals surface area contributed by atoms with E-state index in [1.54, 1.807) is 24.3 Å². The number of hydrogen-bond acceptors (Lipinski definition) is 7. The van der Waals surface area contributed by atoms with Gasteiger partial charge in [-0.3, -0.25) is 9.82 Å². The summed E-state index contributed by atoms with van der Waals surface area (Å²) in [4.78, 5) is 8.46. The van der Waals surface area contributed by atoms with Gasteiger partial charge < -0.3 is 5.73 Å². The number of hydrogen-bond donors (Lipinski definition) is 3. The zero-order chi connectivity index (χ0) is 17.4. The molecule has 1 aromatic carbocycles. The molecule has 0 radical (unpaired) electrons. The first-order valence-corrected chi connectivity index (χ1v) is 10.1. The molecule has 130 valence electrons. The van der Waals surface area contributed by atoms with E-state index in [9.17, 15) is 8.42 Å². The molecule has 1 saturated carbocycles. The summed E-state index contributed by atoms with van der Waals surface area (Å²) >= 11 is 1.24. The fourth-order valence-electron chi connectivity index (χ4n) is 2.32. The van der Waals surface area contributed by atoms with Crippen molar-refractivity contribution in [2.75, 3.05) is 4.72 Å². The molecular weight excluding hydrogens is 360 g/mol. The number of benzene rings is 1. The number of anilines is 1. The van der Waals surface area contributed by atoms with Crippen molar-refractivity contribution < 1.29 is 8.42 Å². The van der Waals surface area contributed by atoms with Crippen molar-refractivity contribution in [3.8, 4) is 11.4 Å². The van der Waals surface area contributed by atoms with Gasteiger partial charge in [-0.15, -0.1) is 11.3 Å². The first-order chi connectivity index (χ1) is 12.0. The first-order valence-electron chi connectivity index (χ1n) is 7.75. The summed E-state index contributed by atoms with van der Waals surface area (Å²) in [6.45, 7) is 0.280. The molecule has 4 N–H and O–H groups in total. The summed E-state index contributed by atoms with van der Waals surface area (Å²) in [6, 6.07) is 6.86. The van der Waals surface area contributed by atoms with Gasteiger partial charge in [-0.25, -0.2) is 18.4 Å². The van der Waals surface area contributed by atoms with Gasteiger partial charge in [-0.2, -0.15) is 5.10 Å². The number of thiazole rings is 1. The molecule has 0 aliphatic heterocycles. The molecule has 4 rings (SSSR count). The van der Waals surface area contributed by atoms with Crippen molar-refractivity contribution in [1.82, 2.24) is 20.2 Å². The second-order valence-corrected chi connectivity index (χ2v) is 8.76. The minimum Gasteiger partial charge on any atom is -0.324 e. The van der Waals surface area contributed by atoms with Crippen LogP contribution < -0.4 is 10.5 Å². The van der Waals surface area contributed by atoms with Gasteiger partial charge >= 0.3 is 0 Å². The maximum atomic E-state index is 12.5. The monoisotopic (exact) mass is 376 g/mol. The van der Waals surface area contributed by atoms with Gasteiger partial charge in [0.15, 0.2) is 10.0 Å². The standard InChI is InChI=1S/C15H16N6O2S2/c16-7-12-18-14(20-19-12)9-3-5-11(6-4-9)21-25(22,23)13-8-17-15(24-13)10-1-2-10/h3-6,8,10,21H,1-2,7,16H2,(H,18,19,20). The summed E-state index contributed by atoms with van der Waals surface area (Å²) in [6.07, 6.45) is 3.61. The fraction of sp³-hybridized carbons (Fsp3) is 0.267. The number of H-pyrrole nitrogens is 1. The second kappa shape index (κ2) is 6.21. The van der Waals surface area contributed by atoms with Crippen LogP contribution >= 0.6 is 11.3 Å². The number of sulfonamides is 1. The zero-order valence-corrected chi connectivity index (χ0v) is 14.8.